The lowest BCUT2D eigenvalue weighted by Crippen LogP contribution is -2.45. The Balaban J connectivity index is 1.71. The molecular weight excluding hydrogens is 377 g/mol. The highest BCUT2D eigenvalue weighted by molar-refractivity contribution is 7.80. The van der Waals surface area contributed by atoms with Crippen molar-refractivity contribution in [2.45, 2.75) is 18.3 Å². The molecule has 1 aromatic heterocycles. The summed E-state index contributed by atoms with van der Waals surface area (Å²) in [6.07, 6.45) is 3.47. The van der Waals surface area contributed by atoms with Crippen LogP contribution >= 0.6 is 35.4 Å². The largest absolute Gasteiger partial charge is 0.381 e. The Kier molecular flexibility index (Phi) is 6.12. The zero-order chi connectivity index (χ0) is 17.7. The minimum absolute atomic E-state index is 0.0619. The van der Waals surface area contributed by atoms with E-state index in [0.717, 1.165) is 31.1 Å². The van der Waals surface area contributed by atoms with Crippen LogP contribution in [0.1, 0.15) is 18.4 Å². The third-order valence-corrected chi connectivity index (χ3v) is 5.26. The van der Waals surface area contributed by atoms with E-state index in [0.29, 0.717) is 22.5 Å². The van der Waals surface area contributed by atoms with E-state index < -0.39 is 0 Å². The molecule has 1 fully saturated rings. The Hall–Kier alpha value is -1.40. The van der Waals surface area contributed by atoms with E-state index >= 15 is 0 Å². The predicted molar refractivity (Wildman–Crippen MR) is 107 cm³/mol. The van der Waals surface area contributed by atoms with Crippen LogP contribution < -0.4 is 10.6 Å². The van der Waals surface area contributed by atoms with Crippen LogP contribution in [-0.2, 0) is 10.2 Å². The van der Waals surface area contributed by atoms with Gasteiger partial charge in [-0.25, -0.2) is 4.98 Å². The molecule has 4 nitrogen and oxygen atoms in total. The van der Waals surface area contributed by atoms with Crippen LogP contribution in [0.15, 0.2) is 42.6 Å². The lowest BCUT2D eigenvalue weighted by molar-refractivity contribution is 0.0515. The van der Waals surface area contributed by atoms with Gasteiger partial charge >= 0.3 is 0 Å². The molecule has 132 valence electrons. The number of pyridine rings is 1. The smallest absolute Gasteiger partial charge is 0.170 e. The standard InChI is InChI=1S/C18H19Cl2N3OS/c19-14-4-1-3-13(11-14)18(6-9-24-10-7-18)12-22-17(25)23-15-5-2-8-21-16(15)20/h1-5,8,11H,6-7,9-10,12H2,(H2,22,23,25). The van der Waals surface area contributed by atoms with Gasteiger partial charge in [0.2, 0.25) is 0 Å². The number of ether oxygens (including phenoxy) is 1. The van der Waals surface area contributed by atoms with E-state index in [1.807, 2.05) is 30.3 Å². The second kappa shape index (κ2) is 8.32. The van der Waals surface area contributed by atoms with Crippen molar-refractivity contribution in [3.63, 3.8) is 0 Å². The van der Waals surface area contributed by atoms with Crippen molar-refractivity contribution in [2.75, 3.05) is 25.1 Å². The molecule has 1 saturated heterocycles. The molecule has 25 heavy (non-hydrogen) atoms. The van der Waals surface area contributed by atoms with Gasteiger partial charge in [-0.2, -0.15) is 0 Å². The highest BCUT2D eigenvalue weighted by Crippen LogP contribution is 2.35. The van der Waals surface area contributed by atoms with Gasteiger partial charge in [0.05, 0.1) is 5.69 Å². The molecule has 2 aromatic rings. The third kappa shape index (κ3) is 4.61. The fourth-order valence-electron chi connectivity index (χ4n) is 3.04. The number of nitrogens with one attached hydrogen (secondary N) is 2. The second-order valence-electron chi connectivity index (χ2n) is 6.05. The number of halogens is 2. The van der Waals surface area contributed by atoms with Gasteiger partial charge in [0.25, 0.3) is 0 Å². The number of benzene rings is 1. The van der Waals surface area contributed by atoms with Crippen LogP contribution in [0.5, 0.6) is 0 Å². The second-order valence-corrected chi connectivity index (χ2v) is 7.26. The minimum atomic E-state index is -0.0619. The average molecular weight is 396 g/mol. The number of rotatable bonds is 4. The van der Waals surface area contributed by atoms with Gasteiger partial charge in [0.15, 0.2) is 10.3 Å². The average Bonchev–Trinajstić information content (AvgIpc) is 2.63. The maximum Gasteiger partial charge on any atom is 0.170 e. The SMILES string of the molecule is S=C(NCC1(c2cccc(Cl)c2)CCOCC1)Nc1cccnc1Cl. The molecule has 0 atom stereocenters. The van der Waals surface area contributed by atoms with Crippen LogP contribution in [0, 0.1) is 0 Å². The first kappa shape index (κ1) is 18.4. The topological polar surface area (TPSA) is 46.2 Å². The summed E-state index contributed by atoms with van der Waals surface area (Å²) in [5, 5.41) is 8.07. The van der Waals surface area contributed by atoms with Gasteiger partial charge in [-0.1, -0.05) is 35.3 Å². The molecule has 7 heteroatoms. The monoisotopic (exact) mass is 395 g/mol. The zero-order valence-electron chi connectivity index (χ0n) is 13.6. The summed E-state index contributed by atoms with van der Waals surface area (Å²) >= 11 is 17.7. The summed E-state index contributed by atoms with van der Waals surface area (Å²) < 4.78 is 5.56. The van der Waals surface area contributed by atoms with Crippen molar-refractivity contribution in [3.05, 3.63) is 58.3 Å². The number of thiocarbonyl (C=S) groups is 1. The zero-order valence-corrected chi connectivity index (χ0v) is 15.9. The normalized spacial score (nSPS) is 16.2. The van der Waals surface area contributed by atoms with Crippen molar-refractivity contribution in [1.82, 2.24) is 10.3 Å². The molecule has 1 aromatic carbocycles. The van der Waals surface area contributed by atoms with Gasteiger partial charge in [0.1, 0.15) is 0 Å². The Bertz CT molecular complexity index is 751. The van der Waals surface area contributed by atoms with Crippen LogP contribution in [-0.4, -0.2) is 29.9 Å². The van der Waals surface area contributed by atoms with Crippen molar-refractivity contribution < 1.29 is 4.74 Å². The summed E-state index contributed by atoms with van der Waals surface area (Å²) in [6.45, 7) is 2.14. The molecule has 3 rings (SSSR count). The quantitative estimate of drug-likeness (QED) is 0.592. The van der Waals surface area contributed by atoms with Crippen molar-refractivity contribution in [3.8, 4) is 0 Å². The van der Waals surface area contributed by atoms with Crippen molar-refractivity contribution in [1.29, 1.82) is 0 Å². The molecule has 0 spiro atoms. The molecule has 0 amide bonds. The molecule has 0 aliphatic carbocycles. The van der Waals surface area contributed by atoms with Gasteiger partial charge in [0, 0.05) is 36.4 Å². The van der Waals surface area contributed by atoms with Crippen LogP contribution in [0.25, 0.3) is 0 Å². The van der Waals surface area contributed by atoms with Crippen LogP contribution in [0.4, 0.5) is 5.69 Å². The van der Waals surface area contributed by atoms with Gasteiger partial charge < -0.3 is 15.4 Å². The summed E-state index contributed by atoms with van der Waals surface area (Å²) in [4.78, 5) is 4.04. The fraction of sp³-hybridized carbons (Fsp3) is 0.333. The lowest BCUT2D eigenvalue weighted by atomic mass is 9.74. The van der Waals surface area contributed by atoms with Gasteiger partial charge in [-0.05, 0) is 54.9 Å². The number of hydrogen-bond donors (Lipinski definition) is 2. The van der Waals surface area contributed by atoms with Crippen LogP contribution in [0.3, 0.4) is 0 Å². The van der Waals surface area contributed by atoms with Gasteiger partial charge in [-0.3, -0.25) is 0 Å². The van der Waals surface area contributed by atoms with E-state index in [2.05, 4.69) is 21.7 Å². The summed E-state index contributed by atoms with van der Waals surface area (Å²) in [5.74, 6) is 0. The summed E-state index contributed by atoms with van der Waals surface area (Å²) in [7, 11) is 0. The first-order chi connectivity index (χ1) is 12.1. The summed E-state index contributed by atoms with van der Waals surface area (Å²) in [5.41, 5.74) is 1.83. The predicted octanol–water partition coefficient (Wildman–Crippen LogP) is 4.42. The molecule has 0 saturated carbocycles. The van der Waals surface area contributed by atoms with E-state index in [4.69, 9.17) is 40.2 Å². The van der Waals surface area contributed by atoms with E-state index in [9.17, 15) is 0 Å². The molecule has 0 unspecified atom stereocenters. The van der Waals surface area contributed by atoms with Crippen LogP contribution in [0.2, 0.25) is 10.2 Å². The molecule has 1 aliphatic heterocycles. The Morgan fingerprint density at radius 3 is 2.72 bits per heavy atom. The van der Waals surface area contributed by atoms with E-state index in [1.54, 1.807) is 6.20 Å². The summed E-state index contributed by atoms with van der Waals surface area (Å²) in [6, 6.07) is 11.7. The molecule has 0 bridgehead atoms. The van der Waals surface area contributed by atoms with Gasteiger partial charge in [-0.15, -0.1) is 0 Å². The Morgan fingerprint density at radius 2 is 2.00 bits per heavy atom. The van der Waals surface area contributed by atoms with Crippen molar-refractivity contribution in [2.24, 2.45) is 0 Å². The first-order valence-electron chi connectivity index (χ1n) is 8.08. The Labute approximate surface area is 162 Å². The minimum Gasteiger partial charge on any atom is -0.381 e. The molecule has 0 radical (unpaired) electrons. The Morgan fingerprint density at radius 1 is 1.20 bits per heavy atom. The highest BCUT2D eigenvalue weighted by atomic mass is 35.5. The van der Waals surface area contributed by atoms with E-state index in [1.165, 1.54) is 5.56 Å². The molecule has 2 heterocycles. The lowest BCUT2D eigenvalue weighted by Gasteiger charge is -2.38. The maximum absolute atomic E-state index is 6.20. The van der Waals surface area contributed by atoms with E-state index in [-0.39, 0.29) is 5.41 Å². The maximum atomic E-state index is 6.20. The van der Waals surface area contributed by atoms with Crippen molar-refractivity contribution >= 4 is 46.2 Å². The molecule has 2 N–H and O–H groups in total. The number of nitrogens with zero attached hydrogens (tertiary/aromatic N) is 1. The molecule has 1 aliphatic rings. The highest BCUT2D eigenvalue weighted by Gasteiger charge is 2.34. The molecular formula is C18H19Cl2N3OS. The fourth-order valence-corrected chi connectivity index (χ4v) is 3.58. The number of anilines is 1. The number of aromatic nitrogens is 1. The number of hydrogen-bond acceptors (Lipinski definition) is 3. The first-order valence-corrected chi connectivity index (χ1v) is 9.25. The third-order valence-electron chi connectivity index (χ3n) is 4.48.